The zero-order valence-electron chi connectivity index (χ0n) is 17.9. The lowest BCUT2D eigenvalue weighted by atomic mass is 9.99. The van der Waals surface area contributed by atoms with Crippen LogP contribution in [0.25, 0.3) is 17.2 Å². The fraction of sp³-hybridized carbons (Fsp3) is 0.435. The van der Waals surface area contributed by atoms with Crippen molar-refractivity contribution >= 4 is 17.2 Å². The van der Waals surface area contributed by atoms with Gasteiger partial charge in [-0.2, -0.15) is 0 Å². The van der Waals surface area contributed by atoms with Crippen LogP contribution < -0.4 is 11.2 Å². The summed E-state index contributed by atoms with van der Waals surface area (Å²) in [6, 6.07) is 10.1. The third-order valence-electron chi connectivity index (χ3n) is 6.07. The topological polar surface area (TPSA) is 65.1 Å². The first-order valence-corrected chi connectivity index (χ1v) is 10.5. The average molecular weight is 408 g/mol. The van der Waals surface area contributed by atoms with Crippen LogP contribution in [0.5, 0.6) is 0 Å². The molecular formula is C23H29N5O2. The average Bonchev–Trinajstić information content (AvgIpc) is 3.11. The molecule has 7 nitrogen and oxygen atoms in total. The highest BCUT2D eigenvalue weighted by Gasteiger charge is 2.22. The lowest BCUT2D eigenvalue weighted by Crippen LogP contribution is -2.37. The van der Waals surface area contributed by atoms with Gasteiger partial charge in [0, 0.05) is 20.6 Å². The number of fused-ring (bicyclic) bond motifs is 1. The standard InChI is InChI=1S/C23H29N5O2/c1-17-11-14-27(15-12-17)16-19-24-21-20(22(29)26(3)23(30)25(21)2)28(19)13-7-10-18-8-5-4-6-9-18/h4-10,17H,11-16H2,1-3H3/b10-7+. The van der Waals surface area contributed by atoms with Crippen LogP contribution in [0.3, 0.4) is 0 Å². The Hall–Kier alpha value is -2.93. The summed E-state index contributed by atoms with van der Waals surface area (Å²) in [6.07, 6.45) is 6.44. The summed E-state index contributed by atoms with van der Waals surface area (Å²) < 4.78 is 4.60. The van der Waals surface area contributed by atoms with Gasteiger partial charge in [-0.05, 0) is 37.4 Å². The summed E-state index contributed by atoms with van der Waals surface area (Å²) in [5.41, 5.74) is 1.39. The van der Waals surface area contributed by atoms with Gasteiger partial charge >= 0.3 is 5.69 Å². The van der Waals surface area contributed by atoms with E-state index in [0.29, 0.717) is 24.3 Å². The second-order valence-corrected chi connectivity index (χ2v) is 8.29. The third kappa shape index (κ3) is 3.89. The molecule has 1 aliphatic rings. The molecule has 30 heavy (non-hydrogen) atoms. The quantitative estimate of drug-likeness (QED) is 0.651. The maximum atomic E-state index is 13.0. The van der Waals surface area contributed by atoms with Gasteiger partial charge in [0.25, 0.3) is 5.56 Å². The van der Waals surface area contributed by atoms with Gasteiger partial charge in [-0.15, -0.1) is 0 Å². The molecule has 0 atom stereocenters. The van der Waals surface area contributed by atoms with Gasteiger partial charge in [0.15, 0.2) is 11.2 Å². The van der Waals surface area contributed by atoms with Gasteiger partial charge in [0.05, 0.1) is 6.54 Å². The largest absolute Gasteiger partial charge is 0.332 e. The Morgan fingerprint density at radius 2 is 1.77 bits per heavy atom. The Balaban J connectivity index is 1.75. The number of hydrogen-bond donors (Lipinski definition) is 0. The van der Waals surface area contributed by atoms with E-state index in [1.807, 2.05) is 47.1 Å². The van der Waals surface area contributed by atoms with Gasteiger partial charge in [-0.3, -0.25) is 18.8 Å². The first-order chi connectivity index (χ1) is 14.5. The van der Waals surface area contributed by atoms with Crippen LogP contribution in [-0.4, -0.2) is 36.7 Å². The number of allylic oxidation sites excluding steroid dienone is 1. The van der Waals surface area contributed by atoms with E-state index in [1.54, 1.807) is 7.05 Å². The third-order valence-corrected chi connectivity index (χ3v) is 6.07. The second-order valence-electron chi connectivity index (χ2n) is 8.29. The highest BCUT2D eigenvalue weighted by Crippen LogP contribution is 2.20. The molecule has 7 heteroatoms. The molecule has 0 spiro atoms. The molecule has 1 saturated heterocycles. The molecule has 1 fully saturated rings. The number of aromatic nitrogens is 4. The van der Waals surface area contributed by atoms with Crippen molar-refractivity contribution < 1.29 is 0 Å². The smallest absolute Gasteiger partial charge is 0.317 e. The van der Waals surface area contributed by atoms with Gasteiger partial charge in [0.1, 0.15) is 5.82 Å². The molecule has 0 amide bonds. The summed E-state index contributed by atoms with van der Waals surface area (Å²) in [7, 11) is 3.20. The summed E-state index contributed by atoms with van der Waals surface area (Å²) in [5, 5.41) is 0. The molecule has 0 unspecified atom stereocenters. The molecule has 0 bridgehead atoms. The van der Waals surface area contributed by atoms with E-state index in [1.165, 1.54) is 24.5 Å². The maximum absolute atomic E-state index is 13.0. The van der Waals surface area contributed by atoms with E-state index in [9.17, 15) is 9.59 Å². The van der Waals surface area contributed by atoms with Gasteiger partial charge < -0.3 is 4.57 Å². The minimum Gasteiger partial charge on any atom is -0.317 e. The van der Waals surface area contributed by atoms with E-state index < -0.39 is 0 Å². The molecule has 2 aromatic heterocycles. The number of imidazole rings is 1. The highest BCUT2D eigenvalue weighted by molar-refractivity contribution is 5.71. The van der Waals surface area contributed by atoms with E-state index in [4.69, 9.17) is 4.98 Å². The molecule has 1 aromatic carbocycles. The minimum absolute atomic E-state index is 0.299. The zero-order valence-corrected chi connectivity index (χ0v) is 17.9. The normalized spacial score (nSPS) is 16.1. The minimum atomic E-state index is -0.352. The first kappa shape index (κ1) is 20.3. The molecule has 3 aromatic rings. The molecular weight excluding hydrogens is 378 g/mol. The lowest BCUT2D eigenvalue weighted by molar-refractivity contribution is 0.180. The van der Waals surface area contributed by atoms with E-state index in [0.717, 1.165) is 35.0 Å². The molecule has 1 aliphatic heterocycles. The Morgan fingerprint density at radius 3 is 2.47 bits per heavy atom. The van der Waals surface area contributed by atoms with Crippen molar-refractivity contribution in [3.05, 3.63) is 68.6 Å². The van der Waals surface area contributed by atoms with Crippen molar-refractivity contribution in [2.45, 2.75) is 32.9 Å². The number of benzene rings is 1. The van der Waals surface area contributed by atoms with Crippen LogP contribution in [0.2, 0.25) is 0 Å². The number of piperidine rings is 1. The fourth-order valence-electron chi connectivity index (χ4n) is 4.09. The van der Waals surface area contributed by atoms with Crippen molar-refractivity contribution in [2.24, 2.45) is 20.0 Å². The van der Waals surface area contributed by atoms with Gasteiger partial charge in [0.2, 0.25) is 0 Å². The Kier molecular flexibility index (Phi) is 5.72. The molecule has 0 N–H and O–H groups in total. The van der Waals surface area contributed by atoms with E-state index in [2.05, 4.69) is 11.8 Å². The molecule has 0 aliphatic carbocycles. The summed E-state index contributed by atoms with van der Waals surface area (Å²) in [5.74, 6) is 1.58. The van der Waals surface area contributed by atoms with Crippen LogP contribution in [-0.2, 0) is 27.2 Å². The predicted molar refractivity (Wildman–Crippen MR) is 119 cm³/mol. The van der Waals surface area contributed by atoms with Crippen molar-refractivity contribution in [2.75, 3.05) is 13.1 Å². The Labute approximate surface area is 175 Å². The number of aryl methyl sites for hydroxylation is 1. The van der Waals surface area contributed by atoms with Crippen LogP contribution in [0, 0.1) is 5.92 Å². The van der Waals surface area contributed by atoms with Crippen LogP contribution in [0.1, 0.15) is 31.2 Å². The van der Waals surface area contributed by atoms with Crippen LogP contribution in [0.4, 0.5) is 0 Å². The van der Waals surface area contributed by atoms with Crippen LogP contribution in [0.15, 0.2) is 46.0 Å². The molecule has 3 heterocycles. The molecule has 4 rings (SSSR count). The summed E-state index contributed by atoms with van der Waals surface area (Å²) in [6.45, 7) is 5.55. The van der Waals surface area contributed by atoms with E-state index >= 15 is 0 Å². The molecule has 158 valence electrons. The van der Waals surface area contributed by atoms with Crippen molar-refractivity contribution in [3.8, 4) is 0 Å². The second kappa shape index (κ2) is 8.44. The highest BCUT2D eigenvalue weighted by atomic mass is 16.2. The Morgan fingerprint density at radius 1 is 1.07 bits per heavy atom. The fourth-order valence-corrected chi connectivity index (χ4v) is 4.09. The number of nitrogens with zero attached hydrogens (tertiary/aromatic N) is 5. The van der Waals surface area contributed by atoms with Gasteiger partial charge in [-0.25, -0.2) is 9.78 Å². The predicted octanol–water partition coefficient (Wildman–Crippen LogP) is 2.38. The zero-order chi connectivity index (χ0) is 21.3. The van der Waals surface area contributed by atoms with Crippen molar-refractivity contribution in [1.29, 1.82) is 0 Å². The van der Waals surface area contributed by atoms with Crippen molar-refractivity contribution in [3.63, 3.8) is 0 Å². The van der Waals surface area contributed by atoms with Crippen molar-refractivity contribution in [1.82, 2.24) is 23.6 Å². The number of hydrogen-bond acceptors (Lipinski definition) is 4. The first-order valence-electron chi connectivity index (χ1n) is 10.5. The monoisotopic (exact) mass is 407 g/mol. The SMILES string of the molecule is CC1CCN(Cc2nc3c(c(=O)n(C)c(=O)n3C)n2C/C=C/c2ccccc2)CC1. The van der Waals surface area contributed by atoms with E-state index in [-0.39, 0.29) is 11.2 Å². The Bertz CT molecular complexity index is 1180. The molecule has 0 saturated carbocycles. The summed E-state index contributed by atoms with van der Waals surface area (Å²) in [4.78, 5) is 32.5. The van der Waals surface area contributed by atoms with Gasteiger partial charge in [-0.1, -0.05) is 49.4 Å². The molecule has 0 radical (unpaired) electrons. The maximum Gasteiger partial charge on any atom is 0.332 e. The summed E-state index contributed by atoms with van der Waals surface area (Å²) >= 11 is 0. The lowest BCUT2D eigenvalue weighted by Gasteiger charge is -2.29. The number of likely N-dealkylation sites (tertiary alicyclic amines) is 1. The van der Waals surface area contributed by atoms with Crippen LogP contribution >= 0.6 is 0 Å². The number of rotatable bonds is 5.